The van der Waals surface area contributed by atoms with Crippen LogP contribution < -0.4 is 11.1 Å². The molecule has 3 N–H and O–H groups in total. The second-order valence-electron chi connectivity index (χ2n) is 4.54. The fourth-order valence-corrected chi connectivity index (χ4v) is 1.80. The van der Waals surface area contributed by atoms with Crippen LogP contribution in [0.5, 0.6) is 0 Å². The van der Waals surface area contributed by atoms with Gasteiger partial charge in [-0.3, -0.25) is 0 Å². The van der Waals surface area contributed by atoms with E-state index in [9.17, 15) is 0 Å². The lowest BCUT2D eigenvalue weighted by molar-refractivity contribution is 0.287. The van der Waals surface area contributed by atoms with Crippen LogP contribution in [0.4, 0.5) is 0 Å². The normalized spacial score (nSPS) is 18.1. The summed E-state index contributed by atoms with van der Waals surface area (Å²) in [6.45, 7) is 6.21. The molecular weight excluding hydrogens is 208 g/mol. The molecule has 0 spiro atoms. The zero-order valence-corrected chi connectivity index (χ0v) is 10.1. The van der Waals surface area contributed by atoms with Crippen molar-refractivity contribution in [2.75, 3.05) is 13.1 Å². The van der Waals surface area contributed by atoms with Crippen molar-refractivity contribution in [3.05, 3.63) is 35.4 Å². The molecule has 15 heavy (non-hydrogen) atoms. The molecule has 0 atom stereocenters. The average molecular weight is 227 g/mol. The zero-order valence-electron chi connectivity index (χ0n) is 9.29. The van der Waals surface area contributed by atoms with Crippen molar-refractivity contribution in [2.45, 2.75) is 25.3 Å². The molecule has 84 valence electrons. The van der Waals surface area contributed by atoms with E-state index < -0.39 is 0 Å². The number of halogens is 1. The number of hydrogen-bond donors (Lipinski definition) is 2. The molecule has 1 heterocycles. The first kappa shape index (κ1) is 12.5. The molecule has 0 radical (unpaired) electrons. The molecule has 1 aromatic carbocycles. The molecule has 0 saturated carbocycles. The molecule has 0 bridgehead atoms. The van der Waals surface area contributed by atoms with Gasteiger partial charge in [-0.2, -0.15) is 0 Å². The maximum Gasteiger partial charge on any atom is 0.0662 e. The van der Waals surface area contributed by atoms with Gasteiger partial charge in [0.2, 0.25) is 0 Å². The number of benzene rings is 1. The smallest absolute Gasteiger partial charge is 0.0662 e. The molecular formula is C12H19ClN2. The third kappa shape index (κ3) is 2.33. The first-order valence-corrected chi connectivity index (χ1v) is 5.22. The summed E-state index contributed by atoms with van der Waals surface area (Å²) in [6.07, 6.45) is 0. The Hall–Kier alpha value is -0.570. The van der Waals surface area contributed by atoms with Crippen molar-refractivity contribution >= 4 is 12.4 Å². The number of nitrogens with two attached hydrogens (primary N) is 1. The molecule has 1 aliphatic rings. The van der Waals surface area contributed by atoms with Crippen molar-refractivity contribution in [2.24, 2.45) is 5.73 Å². The van der Waals surface area contributed by atoms with E-state index in [0.29, 0.717) is 5.92 Å². The quantitative estimate of drug-likeness (QED) is 0.810. The summed E-state index contributed by atoms with van der Waals surface area (Å²) in [7, 11) is 0. The average Bonchev–Trinajstić information content (AvgIpc) is 2.14. The SMILES string of the molecule is CC(C)c1ccc(C2(N)CNC2)cc1.Cl. The van der Waals surface area contributed by atoms with Crippen molar-refractivity contribution in [1.29, 1.82) is 0 Å². The highest BCUT2D eigenvalue weighted by molar-refractivity contribution is 5.85. The van der Waals surface area contributed by atoms with Gasteiger partial charge in [0.05, 0.1) is 5.54 Å². The van der Waals surface area contributed by atoms with E-state index in [1.54, 1.807) is 0 Å². The summed E-state index contributed by atoms with van der Waals surface area (Å²) >= 11 is 0. The summed E-state index contributed by atoms with van der Waals surface area (Å²) in [5.41, 5.74) is 8.70. The Morgan fingerprint density at radius 2 is 1.73 bits per heavy atom. The maximum atomic E-state index is 6.19. The van der Waals surface area contributed by atoms with E-state index in [1.807, 2.05) is 0 Å². The Bertz CT molecular complexity index is 315. The molecule has 0 aliphatic carbocycles. The highest BCUT2D eigenvalue weighted by atomic mass is 35.5. The van der Waals surface area contributed by atoms with E-state index in [2.05, 4.69) is 43.4 Å². The molecule has 0 unspecified atom stereocenters. The number of rotatable bonds is 2. The lowest BCUT2D eigenvalue weighted by Crippen LogP contribution is -2.62. The summed E-state index contributed by atoms with van der Waals surface area (Å²) in [6, 6.07) is 8.70. The summed E-state index contributed by atoms with van der Waals surface area (Å²) < 4.78 is 0. The van der Waals surface area contributed by atoms with Gasteiger partial charge in [0.15, 0.2) is 0 Å². The third-order valence-corrected chi connectivity index (χ3v) is 3.03. The molecule has 0 amide bonds. The van der Waals surface area contributed by atoms with E-state index in [0.717, 1.165) is 13.1 Å². The molecule has 2 nitrogen and oxygen atoms in total. The second kappa shape index (κ2) is 4.52. The van der Waals surface area contributed by atoms with Gasteiger partial charge in [0, 0.05) is 13.1 Å². The van der Waals surface area contributed by atoms with Crippen molar-refractivity contribution in [1.82, 2.24) is 5.32 Å². The summed E-state index contributed by atoms with van der Waals surface area (Å²) in [5.74, 6) is 0.595. The van der Waals surface area contributed by atoms with Crippen LogP contribution in [0.2, 0.25) is 0 Å². The minimum atomic E-state index is -0.116. The second-order valence-corrected chi connectivity index (χ2v) is 4.54. The number of hydrogen-bond acceptors (Lipinski definition) is 2. The highest BCUT2D eigenvalue weighted by Crippen LogP contribution is 2.24. The predicted octanol–water partition coefficient (Wildman–Crippen LogP) is 1.99. The standard InChI is InChI=1S/C12H18N2.ClH/c1-9(2)10-3-5-11(6-4-10)12(13)7-14-8-12;/h3-6,9,14H,7-8,13H2,1-2H3;1H. The molecule has 0 aromatic heterocycles. The fraction of sp³-hybridized carbons (Fsp3) is 0.500. The molecule has 1 aromatic rings. The Balaban J connectivity index is 0.00000112. The van der Waals surface area contributed by atoms with Gasteiger partial charge in [0.25, 0.3) is 0 Å². The summed E-state index contributed by atoms with van der Waals surface area (Å²) in [4.78, 5) is 0. The van der Waals surface area contributed by atoms with Crippen molar-refractivity contribution in [3.63, 3.8) is 0 Å². The van der Waals surface area contributed by atoms with Crippen LogP contribution in [0.25, 0.3) is 0 Å². The molecule has 1 saturated heterocycles. The summed E-state index contributed by atoms with van der Waals surface area (Å²) in [5, 5.41) is 3.21. The molecule has 3 heteroatoms. The van der Waals surface area contributed by atoms with Gasteiger partial charge in [-0.25, -0.2) is 0 Å². The van der Waals surface area contributed by atoms with Crippen LogP contribution in [0, 0.1) is 0 Å². The van der Waals surface area contributed by atoms with Crippen molar-refractivity contribution < 1.29 is 0 Å². The van der Waals surface area contributed by atoms with Crippen molar-refractivity contribution in [3.8, 4) is 0 Å². The van der Waals surface area contributed by atoms with Gasteiger partial charge in [-0.1, -0.05) is 38.1 Å². The lowest BCUT2D eigenvalue weighted by atomic mass is 9.84. The Kier molecular flexibility index (Phi) is 3.77. The fourth-order valence-electron chi connectivity index (χ4n) is 1.80. The lowest BCUT2D eigenvalue weighted by Gasteiger charge is -2.39. The Morgan fingerprint density at radius 3 is 2.07 bits per heavy atom. The topological polar surface area (TPSA) is 38.0 Å². The van der Waals surface area contributed by atoms with Crippen LogP contribution in [-0.4, -0.2) is 13.1 Å². The first-order chi connectivity index (χ1) is 6.62. The molecule has 2 rings (SSSR count). The number of nitrogens with one attached hydrogen (secondary N) is 1. The van der Waals surface area contributed by atoms with Crippen LogP contribution in [-0.2, 0) is 5.54 Å². The first-order valence-electron chi connectivity index (χ1n) is 5.22. The predicted molar refractivity (Wildman–Crippen MR) is 66.5 cm³/mol. The van der Waals surface area contributed by atoms with E-state index >= 15 is 0 Å². The largest absolute Gasteiger partial charge is 0.319 e. The van der Waals surface area contributed by atoms with Crippen LogP contribution >= 0.6 is 12.4 Å². The van der Waals surface area contributed by atoms with Crippen LogP contribution in [0.3, 0.4) is 0 Å². The minimum absolute atomic E-state index is 0. The van der Waals surface area contributed by atoms with Gasteiger partial charge in [-0.05, 0) is 17.0 Å². The maximum absolute atomic E-state index is 6.19. The van der Waals surface area contributed by atoms with E-state index in [-0.39, 0.29) is 17.9 Å². The Morgan fingerprint density at radius 1 is 1.20 bits per heavy atom. The monoisotopic (exact) mass is 226 g/mol. The van der Waals surface area contributed by atoms with E-state index in [1.165, 1.54) is 11.1 Å². The van der Waals surface area contributed by atoms with Gasteiger partial charge in [-0.15, -0.1) is 12.4 Å². The molecule has 1 fully saturated rings. The zero-order chi connectivity index (χ0) is 10.2. The van der Waals surface area contributed by atoms with Gasteiger partial charge in [0.1, 0.15) is 0 Å². The molecule has 1 aliphatic heterocycles. The van der Waals surface area contributed by atoms with Gasteiger partial charge < -0.3 is 11.1 Å². The minimum Gasteiger partial charge on any atom is -0.319 e. The van der Waals surface area contributed by atoms with Crippen LogP contribution in [0.15, 0.2) is 24.3 Å². The van der Waals surface area contributed by atoms with Crippen LogP contribution in [0.1, 0.15) is 30.9 Å². The Labute approximate surface area is 97.7 Å². The third-order valence-electron chi connectivity index (χ3n) is 3.03. The highest BCUT2D eigenvalue weighted by Gasteiger charge is 2.33. The van der Waals surface area contributed by atoms with E-state index in [4.69, 9.17) is 5.73 Å². The van der Waals surface area contributed by atoms with Gasteiger partial charge >= 0.3 is 0 Å².